The van der Waals surface area contributed by atoms with Crippen LogP contribution in [0.15, 0.2) is 255 Å². The third-order valence-corrected chi connectivity index (χ3v) is 14.3. The molecule has 508 valence electrons. The maximum Gasteiger partial charge on any atom is 0.306 e. The first-order valence-corrected chi connectivity index (χ1v) is 36.2. The molecule has 0 aliphatic heterocycles. The lowest BCUT2D eigenvalue weighted by Gasteiger charge is -2.15. The molecule has 5 nitrogen and oxygen atoms in total. The third kappa shape index (κ3) is 75.9. The standard InChI is InChI=1S/C87H130O5/c1-3-5-7-9-11-13-15-17-19-21-23-25-27-29-31-33-35-37-39-41-42-43-44-46-48-50-52-54-56-58-60-62-64-66-68-70-72-74-76-78-80-82-87(90)92-85(83-88)84-91-86(89)81-79-77-75-73-71-69-67-65-63-61-59-57-55-53-51-49-47-45-40-38-36-34-32-30-28-26-24-22-20-18-16-14-12-10-8-6-4-2/h5-8,11-14,17-20,23-26,29-32,35-38,41-42,44-47,50-53,56-59,62,64,68,70,85,88H,3-4,9-10,15-16,21-22,27-28,33-34,39-40,43,48-49,54-55,60-61,63,65-67,69,71-84H2,1-2H3/b7-5-,8-6-,13-11-,14-12-,19-17-,20-18-,25-23-,26-24-,31-29-,32-30-,37-35-,38-36-,42-41-,46-44-,47-45-,52-50-,53-51-,58-56-,59-57-,64-62-,70-68-. The van der Waals surface area contributed by atoms with Gasteiger partial charge in [-0.3, -0.25) is 9.59 Å². The average Bonchev–Trinajstić information content (AvgIpc) is 3.64. The van der Waals surface area contributed by atoms with Gasteiger partial charge in [-0.15, -0.1) is 0 Å². The van der Waals surface area contributed by atoms with Crippen LogP contribution in [0.3, 0.4) is 0 Å². The summed E-state index contributed by atoms with van der Waals surface area (Å²) in [7, 11) is 0. The Morgan fingerprint density at radius 3 is 0.652 bits per heavy atom. The van der Waals surface area contributed by atoms with E-state index in [9.17, 15) is 14.7 Å². The molecule has 0 heterocycles. The Kier molecular flexibility index (Phi) is 73.1. The molecule has 0 fully saturated rings. The minimum atomic E-state index is -0.811. The highest BCUT2D eigenvalue weighted by molar-refractivity contribution is 5.70. The number of hydrogen-bond donors (Lipinski definition) is 1. The Labute approximate surface area is 565 Å². The highest BCUT2D eigenvalue weighted by Crippen LogP contribution is 2.14. The molecule has 0 bridgehead atoms. The minimum absolute atomic E-state index is 0.0965. The van der Waals surface area contributed by atoms with Crippen molar-refractivity contribution in [3.8, 4) is 0 Å². The van der Waals surface area contributed by atoms with Crippen molar-refractivity contribution in [2.75, 3.05) is 13.2 Å². The van der Waals surface area contributed by atoms with Gasteiger partial charge < -0.3 is 14.6 Å². The van der Waals surface area contributed by atoms with Crippen molar-refractivity contribution < 1.29 is 24.2 Å². The van der Waals surface area contributed by atoms with E-state index in [1.807, 2.05) is 0 Å². The molecule has 1 atom stereocenters. The molecule has 0 saturated carbocycles. The number of carbonyl (C=O) groups is 2. The van der Waals surface area contributed by atoms with Crippen LogP contribution in [0.25, 0.3) is 0 Å². The smallest absolute Gasteiger partial charge is 0.306 e. The van der Waals surface area contributed by atoms with Gasteiger partial charge in [-0.05, 0) is 173 Å². The Morgan fingerprint density at radius 1 is 0.250 bits per heavy atom. The van der Waals surface area contributed by atoms with Crippen LogP contribution in [-0.4, -0.2) is 36.4 Å². The van der Waals surface area contributed by atoms with Gasteiger partial charge in [-0.25, -0.2) is 0 Å². The third-order valence-electron chi connectivity index (χ3n) is 14.3. The van der Waals surface area contributed by atoms with E-state index in [-0.39, 0.29) is 25.2 Å². The molecule has 0 radical (unpaired) electrons. The van der Waals surface area contributed by atoms with Crippen molar-refractivity contribution in [1.29, 1.82) is 0 Å². The summed E-state index contributed by atoms with van der Waals surface area (Å²) < 4.78 is 10.7. The van der Waals surface area contributed by atoms with E-state index in [1.165, 1.54) is 38.5 Å². The monoisotopic (exact) mass is 1250 g/mol. The maximum absolute atomic E-state index is 12.4. The molecule has 92 heavy (non-hydrogen) atoms. The molecular weight excluding hydrogens is 1120 g/mol. The predicted molar refractivity (Wildman–Crippen MR) is 407 cm³/mol. The van der Waals surface area contributed by atoms with E-state index in [1.54, 1.807) is 0 Å². The second kappa shape index (κ2) is 78.7. The zero-order valence-corrected chi connectivity index (χ0v) is 58.2. The second-order valence-corrected chi connectivity index (χ2v) is 22.8. The first-order chi connectivity index (χ1) is 45.6. The first kappa shape index (κ1) is 85.4. The van der Waals surface area contributed by atoms with Gasteiger partial charge in [0.25, 0.3) is 0 Å². The molecule has 0 aliphatic rings. The Hall–Kier alpha value is -6.56. The van der Waals surface area contributed by atoms with Gasteiger partial charge in [0.15, 0.2) is 6.10 Å². The fourth-order valence-electron chi connectivity index (χ4n) is 9.00. The van der Waals surface area contributed by atoms with Gasteiger partial charge in [0, 0.05) is 12.8 Å². The largest absolute Gasteiger partial charge is 0.462 e. The SMILES string of the molecule is CC/C=C\C/C=C\C/C=C\C/C=C\C/C=C\C/C=C\C/C=C\C/C=C\C/C=C\C/C=C\C/C=C\C/C=C\CCCCCCC(=O)OC(CO)COC(=O)CCCCCCCCCCC/C=C\C/C=C\C/C=C\C/C=C\C/C=C\C/C=C\C/C=C\C/C=C\C/C=C\CC. The van der Waals surface area contributed by atoms with E-state index in [0.717, 1.165) is 193 Å². The van der Waals surface area contributed by atoms with Crippen molar-refractivity contribution in [1.82, 2.24) is 0 Å². The first-order valence-electron chi connectivity index (χ1n) is 36.2. The fraction of sp³-hybridized carbons (Fsp3) is 0.494. The van der Waals surface area contributed by atoms with Crippen molar-refractivity contribution in [2.45, 2.75) is 264 Å². The molecule has 0 saturated heterocycles. The summed E-state index contributed by atoms with van der Waals surface area (Å²) in [6.45, 7) is 3.87. The fourth-order valence-corrected chi connectivity index (χ4v) is 9.00. The molecule has 0 aromatic rings. The normalized spacial score (nSPS) is 13.8. The number of aliphatic hydroxyl groups is 1. The molecule has 0 aliphatic carbocycles. The van der Waals surface area contributed by atoms with Crippen molar-refractivity contribution in [3.05, 3.63) is 255 Å². The van der Waals surface area contributed by atoms with Gasteiger partial charge >= 0.3 is 11.9 Å². The van der Waals surface area contributed by atoms with Gasteiger partial charge in [-0.2, -0.15) is 0 Å². The molecular formula is C87H130O5. The summed E-state index contributed by atoms with van der Waals surface area (Å²) in [4.78, 5) is 24.7. The second-order valence-electron chi connectivity index (χ2n) is 22.8. The summed E-state index contributed by atoms with van der Waals surface area (Å²) in [6, 6.07) is 0. The van der Waals surface area contributed by atoms with E-state index in [4.69, 9.17) is 9.47 Å². The molecule has 5 heteroatoms. The molecule has 0 rings (SSSR count). The summed E-state index contributed by atoms with van der Waals surface area (Å²) >= 11 is 0. The van der Waals surface area contributed by atoms with Crippen LogP contribution >= 0.6 is 0 Å². The number of allylic oxidation sites excluding steroid dienone is 42. The van der Waals surface area contributed by atoms with E-state index < -0.39 is 6.10 Å². The van der Waals surface area contributed by atoms with E-state index in [2.05, 4.69) is 269 Å². The zero-order valence-electron chi connectivity index (χ0n) is 58.2. The Balaban J connectivity index is 3.68. The van der Waals surface area contributed by atoms with Crippen LogP contribution in [0.1, 0.15) is 258 Å². The lowest BCUT2D eigenvalue weighted by molar-refractivity contribution is -0.161. The van der Waals surface area contributed by atoms with Gasteiger partial charge in [-0.1, -0.05) is 327 Å². The summed E-state index contributed by atoms with van der Waals surface area (Å²) in [5, 5.41) is 9.71. The maximum atomic E-state index is 12.4. The van der Waals surface area contributed by atoms with E-state index >= 15 is 0 Å². The molecule has 0 aromatic heterocycles. The van der Waals surface area contributed by atoms with Crippen molar-refractivity contribution in [2.24, 2.45) is 0 Å². The lowest BCUT2D eigenvalue weighted by Crippen LogP contribution is -2.28. The van der Waals surface area contributed by atoms with Crippen LogP contribution in [0, 0.1) is 0 Å². The number of esters is 2. The number of unbranched alkanes of at least 4 members (excludes halogenated alkanes) is 13. The van der Waals surface area contributed by atoms with Gasteiger partial charge in [0.05, 0.1) is 6.61 Å². The number of carbonyl (C=O) groups excluding carboxylic acids is 2. The predicted octanol–water partition coefficient (Wildman–Crippen LogP) is 26.0. The molecule has 0 spiro atoms. The molecule has 1 N–H and O–H groups in total. The zero-order chi connectivity index (χ0) is 66.1. The quantitative estimate of drug-likeness (QED) is 0.0373. The van der Waals surface area contributed by atoms with E-state index in [0.29, 0.717) is 12.8 Å². The number of hydrogen-bond acceptors (Lipinski definition) is 5. The lowest BCUT2D eigenvalue weighted by atomic mass is 10.1. The van der Waals surface area contributed by atoms with Crippen LogP contribution < -0.4 is 0 Å². The van der Waals surface area contributed by atoms with Gasteiger partial charge in [0.2, 0.25) is 0 Å². The molecule has 1 unspecified atom stereocenters. The van der Waals surface area contributed by atoms with Crippen LogP contribution in [-0.2, 0) is 19.1 Å². The van der Waals surface area contributed by atoms with Gasteiger partial charge in [0.1, 0.15) is 6.61 Å². The summed E-state index contributed by atoms with van der Waals surface area (Å²) in [5.74, 6) is -0.645. The Bertz CT molecular complexity index is 2310. The topological polar surface area (TPSA) is 72.8 Å². The molecule has 0 aromatic carbocycles. The number of rotatable bonds is 63. The van der Waals surface area contributed by atoms with Crippen LogP contribution in [0.2, 0.25) is 0 Å². The van der Waals surface area contributed by atoms with Crippen molar-refractivity contribution in [3.63, 3.8) is 0 Å². The number of ether oxygens (including phenoxy) is 2. The minimum Gasteiger partial charge on any atom is -0.462 e. The summed E-state index contributed by atoms with van der Waals surface area (Å²) in [5.41, 5.74) is 0. The summed E-state index contributed by atoms with van der Waals surface area (Å²) in [6.07, 6.45) is 131. The average molecular weight is 1260 g/mol. The Morgan fingerprint density at radius 2 is 0.435 bits per heavy atom. The van der Waals surface area contributed by atoms with Crippen molar-refractivity contribution >= 4 is 11.9 Å². The highest BCUT2D eigenvalue weighted by atomic mass is 16.6. The van der Waals surface area contributed by atoms with Crippen LogP contribution in [0.5, 0.6) is 0 Å². The highest BCUT2D eigenvalue weighted by Gasteiger charge is 2.16. The van der Waals surface area contributed by atoms with Crippen LogP contribution in [0.4, 0.5) is 0 Å². The molecule has 0 amide bonds. The number of aliphatic hydroxyl groups excluding tert-OH is 1.